The van der Waals surface area contributed by atoms with Gasteiger partial charge in [-0.25, -0.2) is 0 Å². The molecular formula is C17H26N2O2. The molecule has 1 aromatic carbocycles. The first-order valence-electron chi connectivity index (χ1n) is 8.04. The fourth-order valence-electron chi connectivity index (χ4n) is 3.60. The summed E-state index contributed by atoms with van der Waals surface area (Å²) < 4.78 is 11.6. The lowest BCUT2D eigenvalue weighted by atomic mass is 9.98. The fraction of sp³-hybridized carbons (Fsp3) is 0.647. The molecular weight excluding hydrogens is 264 g/mol. The van der Waals surface area contributed by atoms with Gasteiger partial charge in [0.05, 0.1) is 13.2 Å². The number of nitrogens with two attached hydrogens (primary N) is 1. The number of piperidine rings is 1. The second-order valence-corrected chi connectivity index (χ2v) is 6.18. The number of methoxy groups -OCH3 is 1. The van der Waals surface area contributed by atoms with Crippen molar-refractivity contribution in [1.29, 1.82) is 0 Å². The number of hydrogen-bond donors (Lipinski definition) is 1. The number of ether oxygens (including phenoxy) is 2. The maximum atomic E-state index is 6.09. The van der Waals surface area contributed by atoms with Crippen LogP contribution in [-0.2, 0) is 6.42 Å². The quantitative estimate of drug-likeness (QED) is 0.925. The SMILES string of the molecule is COc1cc2c(cc1C(CN)N1CCCCC1)OC(C)C2. The standard InChI is InChI=1S/C17H26N2O2/c1-12-8-13-9-17(20-2)14(10-16(13)21-12)15(11-18)19-6-4-3-5-7-19/h9-10,12,15H,3-8,11,18H2,1-2H3. The van der Waals surface area contributed by atoms with Crippen molar-refractivity contribution in [2.75, 3.05) is 26.7 Å². The molecule has 1 aromatic rings. The van der Waals surface area contributed by atoms with Gasteiger partial charge in [0.2, 0.25) is 0 Å². The van der Waals surface area contributed by atoms with Gasteiger partial charge in [-0.3, -0.25) is 4.90 Å². The van der Waals surface area contributed by atoms with Crippen LogP contribution < -0.4 is 15.2 Å². The van der Waals surface area contributed by atoms with Crippen LogP contribution >= 0.6 is 0 Å². The van der Waals surface area contributed by atoms with Crippen LogP contribution in [0.4, 0.5) is 0 Å². The third-order valence-corrected chi connectivity index (χ3v) is 4.66. The lowest BCUT2D eigenvalue weighted by Crippen LogP contribution is -2.37. The Kier molecular flexibility index (Phi) is 4.36. The number of likely N-dealkylation sites (tertiary alicyclic amines) is 1. The van der Waals surface area contributed by atoms with Crippen molar-refractivity contribution in [3.05, 3.63) is 23.3 Å². The molecule has 1 saturated heterocycles. The molecule has 3 rings (SSSR count). The van der Waals surface area contributed by atoms with E-state index in [1.807, 2.05) is 0 Å². The number of benzene rings is 1. The fourth-order valence-corrected chi connectivity index (χ4v) is 3.60. The molecule has 2 heterocycles. The first-order valence-corrected chi connectivity index (χ1v) is 8.04. The van der Waals surface area contributed by atoms with Gasteiger partial charge in [-0.1, -0.05) is 6.42 Å². The van der Waals surface area contributed by atoms with Crippen LogP contribution in [0.2, 0.25) is 0 Å². The molecule has 0 radical (unpaired) electrons. The van der Waals surface area contributed by atoms with E-state index in [1.165, 1.54) is 30.4 Å². The highest BCUT2D eigenvalue weighted by molar-refractivity contribution is 5.50. The Bertz CT molecular complexity index is 498. The molecule has 0 amide bonds. The first-order chi connectivity index (χ1) is 10.2. The maximum Gasteiger partial charge on any atom is 0.124 e. The van der Waals surface area contributed by atoms with Gasteiger partial charge in [0.25, 0.3) is 0 Å². The van der Waals surface area contributed by atoms with Crippen molar-refractivity contribution >= 4 is 0 Å². The smallest absolute Gasteiger partial charge is 0.124 e. The van der Waals surface area contributed by atoms with Crippen molar-refractivity contribution < 1.29 is 9.47 Å². The van der Waals surface area contributed by atoms with Crippen LogP contribution in [0.5, 0.6) is 11.5 Å². The zero-order valence-electron chi connectivity index (χ0n) is 13.1. The highest BCUT2D eigenvalue weighted by Crippen LogP contribution is 2.39. The van der Waals surface area contributed by atoms with Gasteiger partial charge in [0.1, 0.15) is 17.6 Å². The molecule has 1 fully saturated rings. The molecule has 0 aromatic heterocycles. The Balaban J connectivity index is 1.93. The third kappa shape index (κ3) is 2.87. The second-order valence-electron chi connectivity index (χ2n) is 6.18. The molecule has 21 heavy (non-hydrogen) atoms. The summed E-state index contributed by atoms with van der Waals surface area (Å²) in [6.45, 7) is 4.97. The lowest BCUT2D eigenvalue weighted by Gasteiger charge is -2.34. The van der Waals surface area contributed by atoms with Crippen LogP contribution in [0.25, 0.3) is 0 Å². The van der Waals surface area contributed by atoms with E-state index in [-0.39, 0.29) is 12.1 Å². The Hall–Kier alpha value is -1.26. The molecule has 0 aliphatic carbocycles. The van der Waals surface area contributed by atoms with E-state index in [1.54, 1.807) is 7.11 Å². The van der Waals surface area contributed by atoms with Gasteiger partial charge >= 0.3 is 0 Å². The molecule has 2 aliphatic heterocycles. The van der Waals surface area contributed by atoms with Crippen LogP contribution in [-0.4, -0.2) is 37.7 Å². The van der Waals surface area contributed by atoms with E-state index in [4.69, 9.17) is 15.2 Å². The summed E-state index contributed by atoms with van der Waals surface area (Å²) in [5.41, 5.74) is 8.52. The van der Waals surface area contributed by atoms with Crippen molar-refractivity contribution in [3.8, 4) is 11.5 Å². The van der Waals surface area contributed by atoms with Crippen molar-refractivity contribution in [2.24, 2.45) is 5.73 Å². The minimum absolute atomic E-state index is 0.227. The molecule has 2 N–H and O–H groups in total. The zero-order chi connectivity index (χ0) is 14.8. The topological polar surface area (TPSA) is 47.7 Å². The summed E-state index contributed by atoms with van der Waals surface area (Å²) >= 11 is 0. The van der Waals surface area contributed by atoms with E-state index in [0.29, 0.717) is 6.54 Å². The summed E-state index contributed by atoms with van der Waals surface area (Å²) in [4.78, 5) is 2.49. The summed E-state index contributed by atoms with van der Waals surface area (Å²) in [5, 5.41) is 0. The average Bonchev–Trinajstić information content (AvgIpc) is 2.87. The molecule has 116 valence electrons. The molecule has 4 nitrogen and oxygen atoms in total. The summed E-state index contributed by atoms with van der Waals surface area (Å²) in [5.74, 6) is 1.96. The number of hydrogen-bond acceptors (Lipinski definition) is 4. The van der Waals surface area contributed by atoms with Crippen LogP contribution in [0.1, 0.15) is 43.4 Å². The van der Waals surface area contributed by atoms with Crippen LogP contribution in [0.15, 0.2) is 12.1 Å². The lowest BCUT2D eigenvalue weighted by molar-refractivity contribution is 0.164. The highest BCUT2D eigenvalue weighted by atomic mass is 16.5. The van der Waals surface area contributed by atoms with Gasteiger partial charge in [0.15, 0.2) is 0 Å². The van der Waals surface area contributed by atoms with Crippen molar-refractivity contribution in [2.45, 2.75) is 44.8 Å². The summed E-state index contributed by atoms with van der Waals surface area (Å²) in [6, 6.07) is 4.52. The van der Waals surface area contributed by atoms with E-state index in [2.05, 4.69) is 24.0 Å². The normalized spacial score (nSPS) is 23.5. The Labute approximate surface area is 127 Å². The highest BCUT2D eigenvalue weighted by Gasteiger charge is 2.28. The predicted octanol–water partition coefficient (Wildman–Crippen LogP) is 2.50. The van der Waals surface area contributed by atoms with E-state index >= 15 is 0 Å². The summed E-state index contributed by atoms with van der Waals surface area (Å²) in [6.07, 6.45) is 5.07. The first kappa shape index (κ1) is 14.7. The van der Waals surface area contributed by atoms with E-state index < -0.39 is 0 Å². The Morgan fingerprint density at radius 1 is 1.33 bits per heavy atom. The van der Waals surface area contributed by atoms with Crippen LogP contribution in [0.3, 0.4) is 0 Å². The molecule has 0 saturated carbocycles. The van der Waals surface area contributed by atoms with Gasteiger partial charge in [-0.15, -0.1) is 0 Å². The number of nitrogens with zero attached hydrogens (tertiary/aromatic N) is 1. The monoisotopic (exact) mass is 290 g/mol. The average molecular weight is 290 g/mol. The van der Waals surface area contributed by atoms with E-state index in [9.17, 15) is 0 Å². The molecule has 0 spiro atoms. The minimum atomic E-state index is 0.227. The molecule has 0 bridgehead atoms. The van der Waals surface area contributed by atoms with Crippen molar-refractivity contribution in [3.63, 3.8) is 0 Å². The minimum Gasteiger partial charge on any atom is -0.496 e. The number of rotatable bonds is 4. The molecule has 2 atom stereocenters. The Morgan fingerprint density at radius 3 is 2.76 bits per heavy atom. The third-order valence-electron chi connectivity index (χ3n) is 4.66. The van der Waals surface area contributed by atoms with Crippen molar-refractivity contribution in [1.82, 2.24) is 4.90 Å². The molecule has 2 aliphatic rings. The van der Waals surface area contributed by atoms with E-state index in [0.717, 1.165) is 31.0 Å². The second kappa shape index (κ2) is 6.24. The summed E-state index contributed by atoms with van der Waals surface area (Å²) in [7, 11) is 1.74. The number of fused-ring (bicyclic) bond motifs is 1. The van der Waals surface area contributed by atoms with Gasteiger partial charge in [0, 0.05) is 24.1 Å². The van der Waals surface area contributed by atoms with Gasteiger partial charge < -0.3 is 15.2 Å². The largest absolute Gasteiger partial charge is 0.496 e. The maximum absolute atomic E-state index is 6.09. The molecule has 4 heteroatoms. The zero-order valence-corrected chi connectivity index (χ0v) is 13.1. The van der Waals surface area contributed by atoms with Crippen LogP contribution in [0, 0.1) is 0 Å². The predicted molar refractivity (Wildman–Crippen MR) is 84.0 cm³/mol. The van der Waals surface area contributed by atoms with Gasteiger partial charge in [-0.05, 0) is 45.0 Å². The Morgan fingerprint density at radius 2 is 2.10 bits per heavy atom. The van der Waals surface area contributed by atoms with Gasteiger partial charge in [-0.2, -0.15) is 0 Å². The molecule has 2 unspecified atom stereocenters.